The molecule has 110 valence electrons. The summed E-state index contributed by atoms with van der Waals surface area (Å²) in [5.41, 5.74) is 4.15. The van der Waals surface area contributed by atoms with Crippen LogP contribution in [-0.2, 0) is 4.79 Å². The van der Waals surface area contributed by atoms with Gasteiger partial charge in [-0.05, 0) is 71.6 Å². The van der Waals surface area contributed by atoms with Crippen molar-refractivity contribution in [3.05, 3.63) is 57.6 Å². The third-order valence-corrected chi connectivity index (χ3v) is 3.99. The average molecular weight is 348 g/mol. The second-order valence-corrected chi connectivity index (χ2v) is 5.87. The monoisotopic (exact) mass is 347 g/mol. The van der Waals surface area contributed by atoms with E-state index in [0.29, 0.717) is 0 Å². The van der Waals surface area contributed by atoms with Crippen LogP contribution >= 0.6 is 15.9 Å². The quantitative estimate of drug-likeness (QED) is 0.890. The summed E-state index contributed by atoms with van der Waals surface area (Å²) in [6.45, 7) is 6.06. The van der Waals surface area contributed by atoms with Crippen LogP contribution in [0.25, 0.3) is 0 Å². The molecule has 0 fully saturated rings. The third kappa shape index (κ3) is 4.08. The summed E-state index contributed by atoms with van der Waals surface area (Å²) in [6.07, 6.45) is 0. The lowest BCUT2D eigenvalue weighted by Crippen LogP contribution is -2.20. The van der Waals surface area contributed by atoms with Gasteiger partial charge in [-0.2, -0.15) is 0 Å². The molecule has 0 spiro atoms. The molecule has 0 aromatic heterocycles. The Morgan fingerprint density at radius 3 is 2.48 bits per heavy atom. The van der Waals surface area contributed by atoms with Crippen LogP contribution in [0.5, 0.6) is 5.75 Å². The van der Waals surface area contributed by atoms with Crippen LogP contribution < -0.4 is 10.1 Å². The van der Waals surface area contributed by atoms with E-state index >= 15 is 0 Å². The van der Waals surface area contributed by atoms with Crippen LogP contribution in [0.15, 0.2) is 40.9 Å². The molecule has 2 rings (SSSR count). The summed E-state index contributed by atoms with van der Waals surface area (Å²) in [5, 5.41) is 2.82. The molecule has 0 aliphatic rings. The lowest BCUT2D eigenvalue weighted by Gasteiger charge is -2.12. The highest BCUT2D eigenvalue weighted by Gasteiger charge is 2.08. The van der Waals surface area contributed by atoms with Gasteiger partial charge in [0.25, 0.3) is 5.91 Å². The minimum atomic E-state index is -0.181. The first-order chi connectivity index (χ1) is 9.97. The number of benzene rings is 2. The Morgan fingerprint density at radius 1 is 1.10 bits per heavy atom. The predicted octanol–water partition coefficient (Wildman–Crippen LogP) is 4.39. The number of hydrogen-bond donors (Lipinski definition) is 1. The number of ether oxygens (including phenoxy) is 1. The van der Waals surface area contributed by atoms with Gasteiger partial charge in [0.05, 0.1) is 5.69 Å². The van der Waals surface area contributed by atoms with Crippen molar-refractivity contribution in [2.75, 3.05) is 11.9 Å². The van der Waals surface area contributed by atoms with Gasteiger partial charge in [0.2, 0.25) is 0 Å². The fourth-order valence-corrected chi connectivity index (χ4v) is 2.37. The van der Waals surface area contributed by atoms with Crippen LogP contribution in [0.2, 0.25) is 0 Å². The van der Waals surface area contributed by atoms with E-state index in [-0.39, 0.29) is 12.5 Å². The minimum absolute atomic E-state index is 0.00925. The molecule has 0 unspecified atom stereocenters. The molecule has 0 heterocycles. The van der Waals surface area contributed by atoms with Gasteiger partial charge >= 0.3 is 0 Å². The molecule has 4 heteroatoms. The van der Waals surface area contributed by atoms with E-state index in [0.717, 1.165) is 27.0 Å². The summed E-state index contributed by atoms with van der Waals surface area (Å²) in [7, 11) is 0. The molecular weight excluding hydrogens is 330 g/mol. The van der Waals surface area contributed by atoms with Crippen molar-refractivity contribution >= 4 is 27.5 Å². The lowest BCUT2D eigenvalue weighted by molar-refractivity contribution is -0.118. The number of rotatable bonds is 4. The zero-order chi connectivity index (χ0) is 15.4. The lowest BCUT2D eigenvalue weighted by atomic mass is 10.1. The topological polar surface area (TPSA) is 38.3 Å². The second kappa shape index (κ2) is 6.76. The van der Waals surface area contributed by atoms with Gasteiger partial charge in [0.15, 0.2) is 6.61 Å². The molecule has 0 radical (unpaired) electrons. The molecule has 1 amide bonds. The standard InChI is InChI=1S/C17H18BrNO2/c1-11-8-13(3)16(9-12(11)2)21-10-17(20)19-15-7-5-4-6-14(15)18/h4-9H,10H2,1-3H3,(H,19,20). The van der Waals surface area contributed by atoms with Gasteiger partial charge < -0.3 is 10.1 Å². The number of hydrogen-bond acceptors (Lipinski definition) is 2. The SMILES string of the molecule is Cc1cc(C)c(OCC(=O)Nc2ccccc2Br)cc1C. The molecular formula is C17H18BrNO2. The molecule has 0 saturated heterocycles. The smallest absolute Gasteiger partial charge is 0.262 e. The highest BCUT2D eigenvalue weighted by Crippen LogP contribution is 2.23. The Bertz CT molecular complexity index is 668. The minimum Gasteiger partial charge on any atom is -0.483 e. The molecule has 0 atom stereocenters. The van der Waals surface area contributed by atoms with Crippen LogP contribution in [0.3, 0.4) is 0 Å². The van der Waals surface area contributed by atoms with Gasteiger partial charge in [-0.1, -0.05) is 18.2 Å². The van der Waals surface area contributed by atoms with E-state index < -0.39 is 0 Å². The summed E-state index contributed by atoms with van der Waals surface area (Å²) in [4.78, 5) is 11.9. The maximum absolute atomic E-state index is 11.9. The molecule has 3 nitrogen and oxygen atoms in total. The van der Waals surface area contributed by atoms with E-state index in [1.54, 1.807) is 0 Å². The van der Waals surface area contributed by atoms with Crippen molar-refractivity contribution in [1.29, 1.82) is 0 Å². The number of carbonyl (C=O) groups excluding carboxylic acids is 1. The van der Waals surface area contributed by atoms with Gasteiger partial charge in [-0.15, -0.1) is 0 Å². The Hall–Kier alpha value is -1.81. The molecule has 0 aliphatic carbocycles. The number of aryl methyl sites for hydroxylation is 3. The zero-order valence-corrected chi connectivity index (χ0v) is 14.0. The van der Waals surface area contributed by atoms with Crippen molar-refractivity contribution < 1.29 is 9.53 Å². The van der Waals surface area contributed by atoms with E-state index in [1.165, 1.54) is 5.56 Å². The van der Waals surface area contributed by atoms with Crippen LogP contribution in [0.4, 0.5) is 5.69 Å². The Morgan fingerprint density at radius 2 is 1.76 bits per heavy atom. The summed E-state index contributed by atoms with van der Waals surface area (Å²) >= 11 is 3.39. The van der Waals surface area contributed by atoms with E-state index in [1.807, 2.05) is 44.2 Å². The van der Waals surface area contributed by atoms with Crippen molar-refractivity contribution in [3.8, 4) is 5.75 Å². The first-order valence-corrected chi connectivity index (χ1v) is 7.51. The van der Waals surface area contributed by atoms with Crippen molar-refractivity contribution in [2.24, 2.45) is 0 Å². The van der Waals surface area contributed by atoms with Gasteiger partial charge in [-0.25, -0.2) is 0 Å². The van der Waals surface area contributed by atoms with E-state index in [4.69, 9.17) is 4.74 Å². The Balaban J connectivity index is 1.99. The number of nitrogens with one attached hydrogen (secondary N) is 1. The van der Waals surface area contributed by atoms with Gasteiger partial charge in [0, 0.05) is 4.47 Å². The number of carbonyl (C=O) groups is 1. The summed E-state index contributed by atoms with van der Waals surface area (Å²) in [5.74, 6) is 0.569. The summed E-state index contributed by atoms with van der Waals surface area (Å²) in [6, 6.07) is 11.5. The van der Waals surface area contributed by atoms with E-state index in [2.05, 4.69) is 34.2 Å². The van der Waals surface area contributed by atoms with Crippen LogP contribution in [0, 0.1) is 20.8 Å². The summed E-state index contributed by atoms with van der Waals surface area (Å²) < 4.78 is 6.47. The van der Waals surface area contributed by atoms with Crippen molar-refractivity contribution in [1.82, 2.24) is 0 Å². The first-order valence-electron chi connectivity index (χ1n) is 6.72. The first kappa shape index (κ1) is 15.6. The normalized spacial score (nSPS) is 10.3. The van der Waals surface area contributed by atoms with E-state index in [9.17, 15) is 4.79 Å². The van der Waals surface area contributed by atoms with Crippen LogP contribution in [0.1, 0.15) is 16.7 Å². The molecule has 21 heavy (non-hydrogen) atoms. The Kier molecular flexibility index (Phi) is 5.02. The molecule has 2 aromatic rings. The van der Waals surface area contributed by atoms with Crippen LogP contribution in [-0.4, -0.2) is 12.5 Å². The maximum atomic E-state index is 11.9. The number of amides is 1. The second-order valence-electron chi connectivity index (χ2n) is 5.02. The zero-order valence-electron chi connectivity index (χ0n) is 12.4. The molecule has 1 N–H and O–H groups in total. The number of para-hydroxylation sites is 1. The molecule has 0 bridgehead atoms. The number of halogens is 1. The fraction of sp³-hybridized carbons (Fsp3) is 0.235. The van der Waals surface area contributed by atoms with Gasteiger partial charge in [0.1, 0.15) is 5.75 Å². The van der Waals surface area contributed by atoms with Crippen molar-refractivity contribution in [2.45, 2.75) is 20.8 Å². The molecule has 0 aliphatic heterocycles. The third-order valence-electron chi connectivity index (χ3n) is 3.30. The highest BCUT2D eigenvalue weighted by molar-refractivity contribution is 9.10. The largest absolute Gasteiger partial charge is 0.483 e. The number of anilines is 1. The maximum Gasteiger partial charge on any atom is 0.262 e. The predicted molar refractivity (Wildman–Crippen MR) is 88.9 cm³/mol. The average Bonchev–Trinajstić information content (AvgIpc) is 2.44. The van der Waals surface area contributed by atoms with Gasteiger partial charge in [-0.3, -0.25) is 4.79 Å². The Labute approximate surface area is 133 Å². The fourth-order valence-electron chi connectivity index (χ4n) is 1.98. The van der Waals surface area contributed by atoms with Crippen molar-refractivity contribution in [3.63, 3.8) is 0 Å². The molecule has 0 saturated carbocycles. The molecule has 2 aromatic carbocycles. The highest BCUT2D eigenvalue weighted by atomic mass is 79.9.